The zero-order valence-corrected chi connectivity index (χ0v) is 17.1. The summed E-state index contributed by atoms with van der Waals surface area (Å²) in [6, 6.07) is 13.0. The summed E-state index contributed by atoms with van der Waals surface area (Å²) in [7, 11) is 1.62. The first kappa shape index (κ1) is 20.3. The van der Waals surface area contributed by atoms with Gasteiger partial charge >= 0.3 is 0 Å². The Morgan fingerprint density at radius 1 is 1.19 bits per heavy atom. The summed E-state index contributed by atoms with van der Waals surface area (Å²) in [5, 5.41) is 11.1. The third-order valence-corrected chi connectivity index (χ3v) is 4.65. The van der Waals surface area contributed by atoms with E-state index in [2.05, 4.69) is 25.5 Å². The van der Waals surface area contributed by atoms with Crippen molar-refractivity contribution in [1.82, 2.24) is 30.2 Å². The van der Waals surface area contributed by atoms with Crippen molar-refractivity contribution in [1.29, 1.82) is 0 Å². The molecule has 9 heteroatoms. The van der Waals surface area contributed by atoms with Crippen LogP contribution in [0, 0.1) is 0 Å². The summed E-state index contributed by atoms with van der Waals surface area (Å²) in [6.45, 7) is 0.428. The van der Waals surface area contributed by atoms with Crippen molar-refractivity contribution in [2.24, 2.45) is 0 Å². The van der Waals surface area contributed by atoms with Crippen molar-refractivity contribution in [3.8, 4) is 23.0 Å². The highest BCUT2D eigenvalue weighted by Gasteiger charge is 2.10. The predicted octanol–water partition coefficient (Wildman–Crippen LogP) is 2.97. The van der Waals surface area contributed by atoms with Gasteiger partial charge in [0.1, 0.15) is 5.75 Å². The molecule has 3 heterocycles. The summed E-state index contributed by atoms with van der Waals surface area (Å²) < 4.78 is 12.1. The van der Waals surface area contributed by atoms with Crippen LogP contribution in [0.15, 0.2) is 65.6 Å². The van der Waals surface area contributed by atoms with Gasteiger partial charge in [-0.15, -0.1) is 0 Å². The molecule has 0 aliphatic carbocycles. The van der Waals surface area contributed by atoms with E-state index >= 15 is 0 Å². The van der Waals surface area contributed by atoms with Gasteiger partial charge in [-0.1, -0.05) is 5.16 Å². The Bertz CT molecular complexity index is 1120. The molecule has 0 aliphatic rings. The molecule has 31 heavy (non-hydrogen) atoms. The topological polar surface area (TPSA) is 108 Å². The number of aryl methyl sites for hydroxylation is 1. The van der Waals surface area contributed by atoms with E-state index in [0.29, 0.717) is 43.3 Å². The van der Waals surface area contributed by atoms with Crippen molar-refractivity contribution in [3.63, 3.8) is 0 Å². The molecule has 158 valence electrons. The molecule has 0 bridgehead atoms. The number of hydrogen-bond acceptors (Lipinski definition) is 7. The van der Waals surface area contributed by atoms with Crippen molar-refractivity contribution in [2.45, 2.75) is 25.8 Å². The fourth-order valence-corrected chi connectivity index (χ4v) is 3.00. The summed E-state index contributed by atoms with van der Waals surface area (Å²) in [4.78, 5) is 20.9. The normalized spacial score (nSPS) is 10.7. The zero-order chi connectivity index (χ0) is 21.5. The maximum absolute atomic E-state index is 12.2. The highest BCUT2D eigenvalue weighted by molar-refractivity contribution is 5.75. The number of carbonyl (C=O) groups is 1. The molecule has 1 aromatic carbocycles. The van der Waals surface area contributed by atoms with Crippen LogP contribution in [0.2, 0.25) is 0 Å². The average molecular weight is 418 g/mol. The first-order valence-corrected chi connectivity index (χ1v) is 9.90. The van der Waals surface area contributed by atoms with Gasteiger partial charge in [-0.25, -0.2) is 9.67 Å². The monoisotopic (exact) mass is 418 g/mol. The van der Waals surface area contributed by atoms with Gasteiger partial charge in [0.05, 0.1) is 7.11 Å². The lowest BCUT2D eigenvalue weighted by Crippen LogP contribution is -2.22. The number of hydrogen-bond donors (Lipinski definition) is 1. The Morgan fingerprint density at radius 2 is 2.06 bits per heavy atom. The van der Waals surface area contributed by atoms with Gasteiger partial charge in [-0.3, -0.25) is 4.79 Å². The molecule has 0 unspecified atom stereocenters. The van der Waals surface area contributed by atoms with E-state index in [1.165, 1.54) is 0 Å². The van der Waals surface area contributed by atoms with Crippen LogP contribution >= 0.6 is 0 Å². The van der Waals surface area contributed by atoms with Crippen molar-refractivity contribution in [2.75, 3.05) is 7.11 Å². The molecule has 4 rings (SSSR count). The van der Waals surface area contributed by atoms with E-state index in [0.717, 1.165) is 16.9 Å². The third kappa shape index (κ3) is 5.33. The maximum atomic E-state index is 12.2. The average Bonchev–Trinajstić information content (AvgIpc) is 3.51. The van der Waals surface area contributed by atoms with E-state index in [9.17, 15) is 4.79 Å². The molecule has 0 fully saturated rings. The number of amides is 1. The van der Waals surface area contributed by atoms with Crippen LogP contribution in [0.25, 0.3) is 17.2 Å². The largest absolute Gasteiger partial charge is 0.497 e. The van der Waals surface area contributed by atoms with Crippen molar-refractivity contribution in [3.05, 3.63) is 72.5 Å². The molecule has 1 amide bonds. The minimum absolute atomic E-state index is 0.0349. The highest BCUT2D eigenvalue weighted by Crippen LogP contribution is 2.20. The Hall–Kier alpha value is -4.01. The Kier molecular flexibility index (Phi) is 6.32. The predicted molar refractivity (Wildman–Crippen MR) is 112 cm³/mol. The second-order valence-corrected chi connectivity index (χ2v) is 6.84. The molecule has 9 nitrogen and oxygen atoms in total. The molecule has 0 radical (unpaired) electrons. The molecule has 0 atom stereocenters. The van der Waals surface area contributed by atoms with Crippen LogP contribution in [-0.2, 0) is 17.8 Å². The quantitative estimate of drug-likeness (QED) is 0.445. The summed E-state index contributed by atoms with van der Waals surface area (Å²) in [5.41, 5.74) is 1.80. The first-order chi connectivity index (χ1) is 15.2. The molecule has 0 saturated heterocycles. The van der Waals surface area contributed by atoms with Gasteiger partial charge < -0.3 is 14.6 Å². The van der Waals surface area contributed by atoms with Crippen LogP contribution in [0.1, 0.15) is 24.3 Å². The van der Waals surface area contributed by atoms with Gasteiger partial charge in [-0.05, 0) is 54.4 Å². The minimum atomic E-state index is -0.0349. The van der Waals surface area contributed by atoms with E-state index in [1.54, 1.807) is 24.2 Å². The van der Waals surface area contributed by atoms with Crippen molar-refractivity contribution < 1.29 is 14.1 Å². The molecule has 4 aromatic rings. The number of ether oxygens (including phenoxy) is 1. The van der Waals surface area contributed by atoms with Crippen LogP contribution < -0.4 is 10.1 Å². The van der Waals surface area contributed by atoms with Gasteiger partial charge in [0.25, 0.3) is 0 Å². The Balaban J connectivity index is 1.23. The summed E-state index contributed by atoms with van der Waals surface area (Å²) in [5.74, 6) is 2.47. The number of pyridine rings is 1. The number of methoxy groups -OCH3 is 1. The summed E-state index contributed by atoms with van der Waals surface area (Å²) in [6.07, 6.45) is 6.74. The Labute approximate surface area is 179 Å². The number of nitrogens with one attached hydrogen (secondary N) is 1. The lowest BCUT2D eigenvalue weighted by Gasteiger charge is -2.06. The van der Waals surface area contributed by atoms with Crippen LogP contribution in [-0.4, -0.2) is 37.9 Å². The SMILES string of the molecule is COc1ccc(-c2noc(CCCC(=O)NCc3ccnc(-n4cccn4)c3)n2)cc1. The van der Waals surface area contributed by atoms with Crippen LogP contribution in [0.5, 0.6) is 5.75 Å². The lowest BCUT2D eigenvalue weighted by molar-refractivity contribution is -0.121. The molecule has 3 aromatic heterocycles. The van der Waals surface area contributed by atoms with Crippen molar-refractivity contribution >= 4 is 5.91 Å². The number of nitrogens with zero attached hydrogens (tertiary/aromatic N) is 5. The van der Waals surface area contributed by atoms with E-state index in [4.69, 9.17) is 9.26 Å². The van der Waals surface area contributed by atoms with Gasteiger partial charge in [0, 0.05) is 43.5 Å². The van der Waals surface area contributed by atoms with E-state index in [1.807, 2.05) is 48.7 Å². The number of carbonyl (C=O) groups excluding carboxylic acids is 1. The molecule has 0 spiro atoms. The van der Waals surface area contributed by atoms with Crippen LogP contribution in [0.4, 0.5) is 0 Å². The zero-order valence-electron chi connectivity index (χ0n) is 17.1. The maximum Gasteiger partial charge on any atom is 0.226 e. The number of rotatable bonds is 9. The second-order valence-electron chi connectivity index (χ2n) is 6.84. The molecule has 0 aliphatic heterocycles. The highest BCUT2D eigenvalue weighted by atomic mass is 16.5. The van der Waals surface area contributed by atoms with Gasteiger partial charge in [0.2, 0.25) is 17.6 Å². The molecular weight excluding hydrogens is 396 g/mol. The number of benzene rings is 1. The standard InChI is InChI=1S/C22H22N6O3/c1-30-18-8-6-17(7-9-18)22-26-21(31-27-22)5-2-4-20(29)24-15-16-10-12-23-19(14-16)28-13-3-11-25-28/h3,6-14H,2,4-5,15H2,1H3,(H,24,29). The fraction of sp³-hybridized carbons (Fsp3) is 0.227. The first-order valence-electron chi connectivity index (χ1n) is 9.90. The third-order valence-electron chi connectivity index (χ3n) is 4.65. The molecular formula is C22H22N6O3. The van der Waals surface area contributed by atoms with E-state index in [-0.39, 0.29) is 5.91 Å². The lowest BCUT2D eigenvalue weighted by atomic mass is 10.2. The second kappa shape index (κ2) is 9.66. The van der Waals surface area contributed by atoms with Crippen LogP contribution in [0.3, 0.4) is 0 Å². The minimum Gasteiger partial charge on any atom is -0.497 e. The summed E-state index contributed by atoms with van der Waals surface area (Å²) >= 11 is 0. The fourth-order valence-electron chi connectivity index (χ4n) is 3.00. The smallest absolute Gasteiger partial charge is 0.226 e. The number of aromatic nitrogens is 5. The van der Waals surface area contributed by atoms with E-state index < -0.39 is 0 Å². The molecule has 1 N–H and O–H groups in total. The van der Waals surface area contributed by atoms with Gasteiger partial charge in [-0.2, -0.15) is 10.1 Å². The Morgan fingerprint density at radius 3 is 2.84 bits per heavy atom. The molecule has 0 saturated carbocycles. The van der Waals surface area contributed by atoms with Gasteiger partial charge in [0.15, 0.2) is 5.82 Å².